The lowest BCUT2D eigenvalue weighted by Gasteiger charge is -2.19. The Morgan fingerprint density at radius 3 is 2.69 bits per heavy atom. The van der Waals surface area contributed by atoms with Gasteiger partial charge in [-0.3, -0.25) is 0 Å². The van der Waals surface area contributed by atoms with Crippen molar-refractivity contribution in [2.24, 2.45) is 0 Å². The summed E-state index contributed by atoms with van der Waals surface area (Å²) in [6.45, 7) is 3.91. The van der Waals surface area contributed by atoms with Crippen LogP contribution in [0.4, 0.5) is 16.2 Å². The van der Waals surface area contributed by atoms with E-state index in [9.17, 15) is 4.79 Å². The second kappa shape index (κ2) is 7.08. The summed E-state index contributed by atoms with van der Waals surface area (Å²) in [7, 11) is 0. The standard InChI is InChI=1S/C22H23N3O/c1-16-5-4-8-21(13-16)25-12-11-20(15-25)24-22(26)23-19-10-9-17-6-2-3-7-18(17)14-19/h2-10,13-14,20H,11-12,15H2,1H3,(H2,23,24,26). The lowest BCUT2D eigenvalue weighted by molar-refractivity contribution is 0.249. The maximum atomic E-state index is 12.4. The van der Waals surface area contributed by atoms with Crippen molar-refractivity contribution in [2.75, 3.05) is 23.3 Å². The smallest absolute Gasteiger partial charge is 0.319 e. The molecule has 132 valence electrons. The Hall–Kier alpha value is -3.01. The fourth-order valence-electron chi connectivity index (χ4n) is 3.56. The van der Waals surface area contributed by atoms with Crippen molar-refractivity contribution in [3.8, 4) is 0 Å². The van der Waals surface area contributed by atoms with Crippen LogP contribution in [-0.2, 0) is 0 Å². The summed E-state index contributed by atoms with van der Waals surface area (Å²) in [4.78, 5) is 14.7. The van der Waals surface area contributed by atoms with Gasteiger partial charge < -0.3 is 15.5 Å². The van der Waals surface area contributed by atoms with Crippen LogP contribution < -0.4 is 15.5 Å². The Labute approximate surface area is 153 Å². The van der Waals surface area contributed by atoms with E-state index in [1.54, 1.807) is 0 Å². The van der Waals surface area contributed by atoms with Crippen molar-refractivity contribution >= 4 is 28.2 Å². The Balaban J connectivity index is 1.36. The lowest BCUT2D eigenvalue weighted by atomic mass is 10.1. The number of carbonyl (C=O) groups excluding carboxylic acids is 1. The van der Waals surface area contributed by atoms with Crippen LogP contribution in [0.3, 0.4) is 0 Å². The fourth-order valence-corrected chi connectivity index (χ4v) is 3.56. The summed E-state index contributed by atoms with van der Waals surface area (Å²) in [5.41, 5.74) is 3.30. The van der Waals surface area contributed by atoms with Crippen molar-refractivity contribution in [1.82, 2.24) is 5.32 Å². The Bertz CT molecular complexity index is 937. The number of amides is 2. The van der Waals surface area contributed by atoms with Gasteiger partial charge in [-0.05, 0) is 53.9 Å². The largest absolute Gasteiger partial charge is 0.369 e. The van der Waals surface area contributed by atoms with E-state index in [4.69, 9.17) is 0 Å². The van der Waals surface area contributed by atoms with Crippen LogP contribution in [0.1, 0.15) is 12.0 Å². The molecule has 0 aliphatic carbocycles. The van der Waals surface area contributed by atoms with Gasteiger partial charge in [0.05, 0.1) is 0 Å². The highest BCUT2D eigenvalue weighted by molar-refractivity contribution is 5.93. The van der Waals surface area contributed by atoms with E-state index >= 15 is 0 Å². The Morgan fingerprint density at radius 1 is 1.00 bits per heavy atom. The van der Waals surface area contributed by atoms with Gasteiger partial charge in [0.25, 0.3) is 0 Å². The lowest BCUT2D eigenvalue weighted by Crippen LogP contribution is -2.39. The summed E-state index contributed by atoms with van der Waals surface area (Å²) in [6, 6.07) is 22.6. The normalized spacial score (nSPS) is 16.7. The molecule has 4 heteroatoms. The first kappa shape index (κ1) is 16.5. The first-order valence-corrected chi connectivity index (χ1v) is 9.05. The third-order valence-electron chi connectivity index (χ3n) is 4.90. The van der Waals surface area contributed by atoms with Gasteiger partial charge >= 0.3 is 6.03 Å². The van der Waals surface area contributed by atoms with E-state index in [1.807, 2.05) is 30.3 Å². The summed E-state index contributed by atoms with van der Waals surface area (Å²) in [6.07, 6.45) is 0.957. The minimum Gasteiger partial charge on any atom is -0.369 e. The van der Waals surface area contributed by atoms with Crippen molar-refractivity contribution in [3.63, 3.8) is 0 Å². The van der Waals surface area contributed by atoms with Crippen molar-refractivity contribution in [1.29, 1.82) is 0 Å². The van der Waals surface area contributed by atoms with Crippen molar-refractivity contribution < 1.29 is 4.79 Å². The van der Waals surface area contributed by atoms with Gasteiger partial charge in [0.15, 0.2) is 0 Å². The van der Waals surface area contributed by atoms with Crippen LogP contribution in [0.2, 0.25) is 0 Å². The summed E-state index contributed by atoms with van der Waals surface area (Å²) < 4.78 is 0. The zero-order valence-corrected chi connectivity index (χ0v) is 14.9. The number of fused-ring (bicyclic) bond motifs is 1. The molecule has 0 aromatic heterocycles. The number of rotatable bonds is 3. The van der Waals surface area contributed by atoms with Gasteiger partial charge in [-0.25, -0.2) is 4.79 Å². The third-order valence-corrected chi connectivity index (χ3v) is 4.90. The molecule has 2 amide bonds. The molecule has 1 atom stereocenters. The topological polar surface area (TPSA) is 44.4 Å². The van der Waals surface area contributed by atoms with E-state index in [-0.39, 0.29) is 12.1 Å². The number of nitrogens with one attached hydrogen (secondary N) is 2. The summed E-state index contributed by atoms with van der Waals surface area (Å²) in [5, 5.41) is 8.35. The zero-order chi connectivity index (χ0) is 17.9. The molecule has 4 rings (SSSR count). The van der Waals surface area contributed by atoms with E-state index < -0.39 is 0 Å². The predicted octanol–water partition coefficient (Wildman–Crippen LogP) is 4.55. The van der Waals surface area contributed by atoms with Crippen molar-refractivity contribution in [2.45, 2.75) is 19.4 Å². The highest BCUT2D eigenvalue weighted by atomic mass is 16.2. The van der Waals surface area contributed by atoms with E-state index in [2.05, 4.69) is 58.9 Å². The molecule has 1 unspecified atom stereocenters. The second-order valence-electron chi connectivity index (χ2n) is 6.93. The molecule has 0 radical (unpaired) electrons. The van der Waals surface area contributed by atoms with Gasteiger partial charge in [-0.1, -0.05) is 42.5 Å². The molecular formula is C22H23N3O. The molecule has 3 aromatic rings. The third kappa shape index (κ3) is 3.64. The highest BCUT2D eigenvalue weighted by Gasteiger charge is 2.24. The molecule has 4 nitrogen and oxygen atoms in total. The summed E-state index contributed by atoms with van der Waals surface area (Å²) in [5.74, 6) is 0. The summed E-state index contributed by atoms with van der Waals surface area (Å²) >= 11 is 0. The maximum Gasteiger partial charge on any atom is 0.319 e. The number of nitrogens with zero attached hydrogens (tertiary/aromatic N) is 1. The van der Waals surface area contributed by atoms with Gasteiger partial charge in [-0.2, -0.15) is 0 Å². The molecule has 1 aliphatic heterocycles. The molecule has 1 saturated heterocycles. The van der Waals surface area contributed by atoms with Crippen LogP contribution in [0.5, 0.6) is 0 Å². The number of hydrogen-bond donors (Lipinski definition) is 2. The molecule has 0 bridgehead atoms. The molecule has 2 N–H and O–H groups in total. The molecule has 3 aromatic carbocycles. The number of aryl methyl sites for hydroxylation is 1. The quantitative estimate of drug-likeness (QED) is 0.731. The average Bonchev–Trinajstić information content (AvgIpc) is 3.10. The van der Waals surface area contributed by atoms with Gasteiger partial charge in [0, 0.05) is 30.5 Å². The maximum absolute atomic E-state index is 12.4. The molecule has 0 saturated carbocycles. The van der Waals surface area contributed by atoms with Crippen molar-refractivity contribution in [3.05, 3.63) is 72.3 Å². The molecule has 1 aliphatic rings. The number of hydrogen-bond acceptors (Lipinski definition) is 2. The zero-order valence-electron chi connectivity index (χ0n) is 14.9. The van der Waals surface area contributed by atoms with Gasteiger partial charge in [0.1, 0.15) is 0 Å². The fraction of sp³-hybridized carbons (Fsp3) is 0.227. The highest BCUT2D eigenvalue weighted by Crippen LogP contribution is 2.22. The van der Waals surface area contributed by atoms with Crippen LogP contribution in [0.15, 0.2) is 66.7 Å². The second-order valence-corrected chi connectivity index (χ2v) is 6.93. The molecule has 1 fully saturated rings. The van der Waals surface area contributed by atoms with E-state index in [0.717, 1.165) is 30.6 Å². The van der Waals surface area contributed by atoms with Gasteiger partial charge in [-0.15, -0.1) is 0 Å². The van der Waals surface area contributed by atoms with Crippen LogP contribution in [0, 0.1) is 6.92 Å². The predicted molar refractivity (Wildman–Crippen MR) is 108 cm³/mol. The Morgan fingerprint density at radius 2 is 1.85 bits per heavy atom. The van der Waals surface area contributed by atoms with Gasteiger partial charge in [0.2, 0.25) is 0 Å². The monoisotopic (exact) mass is 345 g/mol. The van der Waals surface area contributed by atoms with E-state index in [0.29, 0.717) is 0 Å². The minimum atomic E-state index is -0.142. The molecule has 1 heterocycles. The van der Waals surface area contributed by atoms with Crippen LogP contribution in [-0.4, -0.2) is 25.2 Å². The Kier molecular flexibility index (Phi) is 4.48. The first-order valence-electron chi connectivity index (χ1n) is 9.05. The molecular weight excluding hydrogens is 322 g/mol. The van der Waals surface area contributed by atoms with Crippen LogP contribution in [0.25, 0.3) is 10.8 Å². The van der Waals surface area contributed by atoms with E-state index in [1.165, 1.54) is 16.6 Å². The number of carbonyl (C=O) groups is 1. The molecule has 26 heavy (non-hydrogen) atoms. The van der Waals surface area contributed by atoms with Crippen LogP contribution >= 0.6 is 0 Å². The minimum absolute atomic E-state index is 0.142. The number of urea groups is 1. The molecule has 0 spiro atoms. The number of anilines is 2. The SMILES string of the molecule is Cc1cccc(N2CCC(NC(=O)Nc3ccc4ccccc4c3)C2)c1. The first-order chi connectivity index (χ1) is 12.7. The average molecular weight is 345 g/mol. The number of benzene rings is 3.